The molecule has 4 heterocycles. The molecule has 0 aliphatic carbocycles. The van der Waals surface area contributed by atoms with Crippen LogP contribution in [-0.4, -0.2) is 68.3 Å². The van der Waals surface area contributed by atoms with E-state index < -0.39 is 18.1 Å². The minimum atomic E-state index is -0.726. The summed E-state index contributed by atoms with van der Waals surface area (Å²) in [4.78, 5) is 33.4. The molecule has 11 heteroatoms. The third-order valence-corrected chi connectivity index (χ3v) is 10.4. The van der Waals surface area contributed by atoms with Crippen molar-refractivity contribution in [2.75, 3.05) is 40.4 Å². The minimum absolute atomic E-state index is 0.0428. The second-order valence-corrected chi connectivity index (χ2v) is 13.8. The van der Waals surface area contributed by atoms with Gasteiger partial charge in [-0.25, -0.2) is 9.59 Å². The summed E-state index contributed by atoms with van der Waals surface area (Å²) in [7, 11) is 3.11. The predicted molar refractivity (Wildman–Crippen MR) is 197 cm³/mol. The van der Waals surface area contributed by atoms with E-state index in [1.54, 1.807) is 38.5 Å². The van der Waals surface area contributed by atoms with E-state index in [9.17, 15) is 9.59 Å². The fourth-order valence-electron chi connectivity index (χ4n) is 6.89. The Bertz CT molecular complexity index is 1760. The van der Waals surface area contributed by atoms with Crippen LogP contribution in [0.25, 0.3) is 0 Å². The van der Waals surface area contributed by atoms with Crippen LogP contribution in [0.15, 0.2) is 85.2 Å². The van der Waals surface area contributed by atoms with Gasteiger partial charge in [-0.3, -0.25) is 9.88 Å². The number of esters is 2. The van der Waals surface area contributed by atoms with Crippen LogP contribution < -0.4 is 14.8 Å². The largest absolute Gasteiger partial charge is 0.493 e. The van der Waals surface area contributed by atoms with Crippen molar-refractivity contribution in [3.05, 3.63) is 123 Å². The Balaban J connectivity index is 1.07. The van der Waals surface area contributed by atoms with Crippen molar-refractivity contribution >= 4 is 35.1 Å². The Hall–Kier alpha value is -4.15. The van der Waals surface area contributed by atoms with E-state index >= 15 is 0 Å². The topological polar surface area (TPSA) is 99.2 Å². The van der Waals surface area contributed by atoms with Gasteiger partial charge in [-0.1, -0.05) is 71.7 Å². The first-order valence-corrected chi connectivity index (χ1v) is 18.1. The fraction of sp³-hybridized carbons (Fsp3) is 0.375. The van der Waals surface area contributed by atoms with E-state index in [0.29, 0.717) is 50.7 Å². The normalized spacial score (nSPS) is 19.2. The maximum atomic E-state index is 13.5. The zero-order valence-corrected chi connectivity index (χ0v) is 30.4. The number of nitrogens with zero attached hydrogens (tertiary/aromatic N) is 2. The molecule has 4 aromatic rings. The predicted octanol–water partition coefficient (Wildman–Crippen LogP) is 7.45. The van der Waals surface area contributed by atoms with Gasteiger partial charge in [-0.2, -0.15) is 0 Å². The molecule has 1 aromatic heterocycles. The Labute approximate surface area is 309 Å². The molecule has 0 spiro atoms. The van der Waals surface area contributed by atoms with Gasteiger partial charge in [0.25, 0.3) is 0 Å². The number of halogens is 2. The summed E-state index contributed by atoms with van der Waals surface area (Å²) in [6.07, 6.45) is 6.20. The highest BCUT2D eigenvalue weighted by molar-refractivity contribution is 6.35. The lowest BCUT2D eigenvalue weighted by Gasteiger charge is -2.44. The second kappa shape index (κ2) is 17.4. The average molecular weight is 733 g/mol. The molecule has 51 heavy (non-hydrogen) atoms. The molecule has 3 fully saturated rings. The molecule has 0 saturated carbocycles. The third kappa shape index (κ3) is 9.21. The number of pyridine rings is 1. The van der Waals surface area contributed by atoms with Crippen molar-refractivity contribution in [2.24, 2.45) is 5.92 Å². The third-order valence-electron chi connectivity index (χ3n) is 9.78. The summed E-state index contributed by atoms with van der Waals surface area (Å²) >= 11 is 12.9. The molecule has 0 amide bonds. The van der Waals surface area contributed by atoms with Gasteiger partial charge < -0.3 is 24.3 Å². The standard InChI is InChI=1S/C40H43Cl2N3O6/c1-48-34-15-14-30(21-36(34)49-2)35(22-31-32(41)23-43-24-33(31)42)50-39(46)29-12-10-26(11-13-29)7-6-18-44-38(28-8-4-3-5-9-28)40(47)51-37-25-45-19-16-27(37)17-20-45/h3-5,8-15,21,23-24,27,35,37-38,44H,6-7,16-20,22,25H2,1-2H3/t35-,37-,38?/m0/s1. The van der Waals surface area contributed by atoms with Gasteiger partial charge >= 0.3 is 11.9 Å². The van der Waals surface area contributed by atoms with Gasteiger partial charge in [-0.15, -0.1) is 0 Å². The number of aromatic nitrogens is 1. The number of nitrogens with one attached hydrogen (secondary N) is 1. The Kier molecular flexibility index (Phi) is 12.5. The van der Waals surface area contributed by atoms with Crippen LogP contribution in [0.5, 0.6) is 11.5 Å². The quantitative estimate of drug-likeness (QED) is 0.0988. The monoisotopic (exact) mass is 731 g/mol. The number of piperidine rings is 3. The van der Waals surface area contributed by atoms with Crippen molar-refractivity contribution in [1.29, 1.82) is 0 Å². The molecule has 3 saturated heterocycles. The number of aryl methyl sites for hydroxylation is 1. The van der Waals surface area contributed by atoms with E-state index in [-0.39, 0.29) is 18.5 Å². The minimum Gasteiger partial charge on any atom is -0.493 e. The Morgan fingerprint density at radius 3 is 2.25 bits per heavy atom. The molecule has 3 aliphatic rings. The number of ether oxygens (including phenoxy) is 4. The van der Waals surface area contributed by atoms with Crippen molar-refractivity contribution in [1.82, 2.24) is 15.2 Å². The first kappa shape index (κ1) is 36.6. The molecule has 2 bridgehead atoms. The molecule has 268 valence electrons. The fourth-order valence-corrected chi connectivity index (χ4v) is 7.41. The van der Waals surface area contributed by atoms with Gasteiger partial charge in [0.15, 0.2) is 11.5 Å². The van der Waals surface area contributed by atoms with Crippen LogP contribution >= 0.6 is 23.2 Å². The van der Waals surface area contributed by atoms with E-state index in [1.165, 1.54) is 12.4 Å². The highest BCUT2D eigenvalue weighted by Gasteiger charge is 2.37. The zero-order chi connectivity index (χ0) is 35.7. The first-order chi connectivity index (χ1) is 24.8. The second-order valence-electron chi connectivity index (χ2n) is 13.0. The average Bonchev–Trinajstić information content (AvgIpc) is 3.16. The Morgan fingerprint density at radius 1 is 0.902 bits per heavy atom. The molecule has 3 aliphatic heterocycles. The molecule has 9 nitrogen and oxygen atoms in total. The van der Waals surface area contributed by atoms with Crippen molar-refractivity contribution in [3.63, 3.8) is 0 Å². The molecule has 1 N–H and O–H groups in total. The molecular weight excluding hydrogens is 689 g/mol. The maximum absolute atomic E-state index is 13.5. The summed E-state index contributed by atoms with van der Waals surface area (Å²) in [6.45, 7) is 3.63. The summed E-state index contributed by atoms with van der Waals surface area (Å²) in [5.41, 5.74) is 3.67. The number of fused-ring (bicyclic) bond motifs is 3. The number of rotatable bonds is 15. The summed E-state index contributed by atoms with van der Waals surface area (Å²) in [6, 6.07) is 22.0. The molecule has 3 atom stereocenters. The number of carbonyl (C=O) groups excluding carboxylic acids is 2. The van der Waals surface area contributed by atoms with E-state index in [4.69, 9.17) is 42.1 Å². The SMILES string of the molecule is COc1ccc([C@H](Cc2c(Cl)cncc2Cl)OC(=O)c2ccc(CCCNC(C(=O)O[C@H]3CN4CCC3CC4)c3ccccc3)cc2)cc1OC. The van der Waals surface area contributed by atoms with Crippen LogP contribution in [-0.2, 0) is 27.1 Å². The van der Waals surface area contributed by atoms with Gasteiger partial charge in [-0.05, 0) is 97.8 Å². The van der Waals surface area contributed by atoms with Gasteiger partial charge in [0.1, 0.15) is 18.2 Å². The molecular formula is C40H43Cl2N3O6. The van der Waals surface area contributed by atoms with Crippen molar-refractivity contribution < 1.29 is 28.5 Å². The number of benzene rings is 3. The summed E-state index contributed by atoms with van der Waals surface area (Å²) in [5, 5.41) is 4.21. The molecule has 1 unspecified atom stereocenters. The molecule has 7 rings (SSSR count). The van der Waals surface area contributed by atoms with Gasteiger partial charge in [0.2, 0.25) is 0 Å². The van der Waals surface area contributed by atoms with Gasteiger partial charge in [0.05, 0.1) is 29.8 Å². The first-order valence-electron chi connectivity index (χ1n) is 17.3. The highest BCUT2D eigenvalue weighted by atomic mass is 35.5. The summed E-state index contributed by atoms with van der Waals surface area (Å²) < 4.78 is 23.1. The number of hydrogen-bond acceptors (Lipinski definition) is 9. The lowest BCUT2D eigenvalue weighted by atomic mass is 9.86. The van der Waals surface area contributed by atoms with Crippen LogP contribution in [0.1, 0.15) is 64.0 Å². The Morgan fingerprint density at radius 2 is 1.61 bits per heavy atom. The molecule has 3 aromatic carbocycles. The highest BCUT2D eigenvalue weighted by Crippen LogP contribution is 2.36. The summed E-state index contributed by atoms with van der Waals surface area (Å²) in [5.74, 6) is 0.796. The smallest absolute Gasteiger partial charge is 0.338 e. The van der Waals surface area contributed by atoms with E-state index in [2.05, 4.69) is 15.2 Å². The molecule has 0 radical (unpaired) electrons. The maximum Gasteiger partial charge on any atom is 0.338 e. The van der Waals surface area contributed by atoms with Crippen LogP contribution in [0.4, 0.5) is 0 Å². The zero-order valence-electron chi connectivity index (χ0n) is 28.9. The number of hydrogen-bond donors (Lipinski definition) is 1. The van der Waals surface area contributed by atoms with Crippen molar-refractivity contribution in [2.45, 2.75) is 50.4 Å². The number of carbonyl (C=O) groups is 2. The van der Waals surface area contributed by atoms with Crippen LogP contribution in [0.3, 0.4) is 0 Å². The van der Waals surface area contributed by atoms with Gasteiger partial charge in [0, 0.05) is 25.4 Å². The van der Waals surface area contributed by atoms with Crippen molar-refractivity contribution in [3.8, 4) is 11.5 Å². The lowest BCUT2D eigenvalue weighted by molar-refractivity contribution is -0.161. The van der Waals surface area contributed by atoms with Crippen LogP contribution in [0, 0.1) is 5.92 Å². The van der Waals surface area contributed by atoms with E-state index in [1.807, 2.05) is 48.5 Å². The van der Waals surface area contributed by atoms with E-state index in [0.717, 1.165) is 56.4 Å². The van der Waals surface area contributed by atoms with Crippen LogP contribution in [0.2, 0.25) is 10.0 Å². The number of methoxy groups -OCH3 is 2. The lowest BCUT2D eigenvalue weighted by Crippen LogP contribution is -2.52.